The molecule has 0 aromatic carbocycles. The van der Waals surface area contributed by atoms with Crippen molar-refractivity contribution in [1.29, 1.82) is 0 Å². The predicted octanol–water partition coefficient (Wildman–Crippen LogP) is 4.09. The summed E-state index contributed by atoms with van der Waals surface area (Å²) in [7, 11) is 0. The minimum absolute atomic E-state index is 0.237. The van der Waals surface area contributed by atoms with Gasteiger partial charge in [0.25, 0.3) is 0 Å². The highest BCUT2D eigenvalue weighted by atomic mass is 16.7. The highest BCUT2D eigenvalue weighted by molar-refractivity contribution is 5.76. The number of ether oxygens (including phenoxy) is 4. The van der Waals surface area contributed by atoms with Crippen LogP contribution < -0.4 is 5.32 Å². The van der Waals surface area contributed by atoms with Crippen LogP contribution in [0, 0.1) is 0 Å². The monoisotopic (exact) mass is 852 g/mol. The van der Waals surface area contributed by atoms with Crippen molar-refractivity contribution in [3.63, 3.8) is 0 Å². The Morgan fingerprint density at radius 3 is 1.75 bits per heavy atom. The SMILES string of the molecule is CC/C=C\C/C=C\C/C=C\C/C=C\C/C=C\CCCCCC(=O)NC(COC1OC(CO)C(OC2OC(CO)C(O)C(O)C2O)C(O)C1O)C(O)/C=C/CCCCCCC. The van der Waals surface area contributed by atoms with E-state index in [-0.39, 0.29) is 18.9 Å². The van der Waals surface area contributed by atoms with E-state index in [1.165, 1.54) is 6.42 Å². The van der Waals surface area contributed by atoms with E-state index in [0.29, 0.717) is 6.42 Å². The minimum Gasteiger partial charge on any atom is -0.394 e. The minimum atomic E-state index is -1.79. The van der Waals surface area contributed by atoms with Gasteiger partial charge in [0.1, 0.15) is 48.8 Å². The number of carbonyl (C=O) groups excluding carboxylic acids is 1. The third kappa shape index (κ3) is 21.0. The van der Waals surface area contributed by atoms with Crippen LogP contribution in [0.25, 0.3) is 0 Å². The lowest BCUT2D eigenvalue weighted by molar-refractivity contribution is -0.359. The Labute approximate surface area is 358 Å². The third-order valence-electron chi connectivity index (χ3n) is 10.4. The Kier molecular flexibility index (Phi) is 29.5. The number of aliphatic hydroxyl groups is 8. The molecule has 1 amide bonds. The zero-order valence-electron chi connectivity index (χ0n) is 35.9. The number of amides is 1. The molecule has 2 heterocycles. The van der Waals surface area contributed by atoms with Gasteiger partial charge < -0.3 is 65.1 Å². The Morgan fingerprint density at radius 1 is 0.617 bits per heavy atom. The lowest BCUT2D eigenvalue weighted by Crippen LogP contribution is -2.65. The summed E-state index contributed by atoms with van der Waals surface area (Å²) >= 11 is 0. The first-order valence-electron chi connectivity index (χ1n) is 22.2. The standard InChI is InChI=1S/C46H77NO13/c1-3-5-7-9-11-12-13-14-15-16-17-18-19-20-21-22-24-26-28-30-38(51)47-34(35(50)29-27-25-23-10-8-6-4-2)33-57-45-43(56)41(54)44(37(32-49)59-45)60-46-42(55)40(53)39(52)36(31-48)58-46/h5,7,11-12,14-15,17-18,20-21,27,29,34-37,39-46,48-50,52-56H,3-4,6,8-10,13,16,19,22-26,28,30-33H2,1-2H3,(H,47,51)/b7-5-,12-11-,15-14-,18-17-,21-20-,29-27+. The van der Waals surface area contributed by atoms with Crippen LogP contribution >= 0.6 is 0 Å². The van der Waals surface area contributed by atoms with Crippen molar-refractivity contribution in [2.45, 2.75) is 190 Å². The average molecular weight is 852 g/mol. The summed E-state index contributed by atoms with van der Waals surface area (Å²) in [6.45, 7) is 2.53. The van der Waals surface area contributed by atoms with Crippen molar-refractivity contribution < 1.29 is 64.6 Å². The summed E-state index contributed by atoms with van der Waals surface area (Å²) in [5, 5.41) is 86.1. The molecule has 12 atom stereocenters. The van der Waals surface area contributed by atoms with Gasteiger partial charge in [-0.1, -0.05) is 119 Å². The fraction of sp³-hybridized carbons (Fsp3) is 0.717. The van der Waals surface area contributed by atoms with Gasteiger partial charge in [-0.25, -0.2) is 0 Å². The van der Waals surface area contributed by atoms with Gasteiger partial charge in [-0.15, -0.1) is 0 Å². The second-order valence-electron chi connectivity index (χ2n) is 15.4. The van der Waals surface area contributed by atoms with E-state index in [2.05, 4.69) is 79.9 Å². The molecule has 2 aliphatic rings. The average Bonchev–Trinajstić information content (AvgIpc) is 3.24. The van der Waals surface area contributed by atoms with E-state index in [9.17, 15) is 45.6 Å². The van der Waals surface area contributed by atoms with Gasteiger partial charge in [0.05, 0.1) is 32.0 Å². The van der Waals surface area contributed by atoms with Crippen LogP contribution in [-0.2, 0) is 23.7 Å². The molecule has 0 aromatic heterocycles. The molecule has 0 saturated carbocycles. The number of allylic oxidation sites excluding steroid dienone is 11. The lowest BCUT2D eigenvalue weighted by atomic mass is 9.97. The molecule has 14 heteroatoms. The molecule has 2 fully saturated rings. The summed E-state index contributed by atoms with van der Waals surface area (Å²) in [5.41, 5.74) is 0. The fourth-order valence-electron chi connectivity index (χ4n) is 6.72. The Morgan fingerprint density at radius 2 is 1.15 bits per heavy atom. The summed E-state index contributed by atoms with van der Waals surface area (Å²) in [5.74, 6) is -0.281. The Bertz CT molecular complexity index is 1280. The number of hydrogen-bond acceptors (Lipinski definition) is 13. The van der Waals surface area contributed by atoms with Crippen molar-refractivity contribution in [2.75, 3.05) is 19.8 Å². The first-order chi connectivity index (χ1) is 29.1. The molecule has 2 rings (SSSR count). The van der Waals surface area contributed by atoms with Crippen molar-refractivity contribution >= 4 is 5.91 Å². The first kappa shape index (κ1) is 53.6. The molecule has 0 aromatic rings. The maximum absolute atomic E-state index is 13.0. The molecule has 0 bridgehead atoms. The van der Waals surface area contributed by atoms with Crippen LogP contribution in [0.5, 0.6) is 0 Å². The van der Waals surface area contributed by atoms with E-state index < -0.39 is 86.8 Å². The topological polar surface area (TPSA) is 228 Å². The van der Waals surface area contributed by atoms with Gasteiger partial charge >= 0.3 is 0 Å². The van der Waals surface area contributed by atoms with Crippen LogP contribution in [0.2, 0.25) is 0 Å². The van der Waals surface area contributed by atoms with E-state index in [4.69, 9.17) is 18.9 Å². The molecule has 12 unspecified atom stereocenters. The van der Waals surface area contributed by atoms with Gasteiger partial charge in [0.2, 0.25) is 5.91 Å². The van der Waals surface area contributed by atoms with E-state index in [0.717, 1.165) is 83.5 Å². The largest absolute Gasteiger partial charge is 0.394 e. The molecule has 9 N–H and O–H groups in total. The Hall–Kier alpha value is -2.57. The van der Waals surface area contributed by atoms with Gasteiger partial charge in [-0.3, -0.25) is 4.79 Å². The van der Waals surface area contributed by atoms with Crippen LogP contribution in [0.4, 0.5) is 0 Å². The molecule has 344 valence electrons. The first-order valence-corrected chi connectivity index (χ1v) is 22.2. The number of aliphatic hydroxyl groups excluding tert-OH is 8. The fourth-order valence-corrected chi connectivity index (χ4v) is 6.72. The highest BCUT2D eigenvalue weighted by Gasteiger charge is 2.50. The van der Waals surface area contributed by atoms with Gasteiger partial charge in [0.15, 0.2) is 12.6 Å². The van der Waals surface area contributed by atoms with Crippen LogP contribution in [0.3, 0.4) is 0 Å². The molecule has 2 aliphatic heterocycles. The normalized spacial score (nSPS) is 29.0. The number of carbonyl (C=O) groups is 1. The summed E-state index contributed by atoms with van der Waals surface area (Å²) in [6, 6.07) is -0.932. The van der Waals surface area contributed by atoms with Gasteiger partial charge in [0, 0.05) is 6.42 Å². The van der Waals surface area contributed by atoms with E-state index in [1.807, 2.05) is 6.08 Å². The summed E-state index contributed by atoms with van der Waals surface area (Å²) in [6.07, 6.45) is 22.7. The van der Waals surface area contributed by atoms with E-state index in [1.54, 1.807) is 6.08 Å². The third-order valence-corrected chi connectivity index (χ3v) is 10.4. The molecular formula is C46H77NO13. The summed E-state index contributed by atoms with van der Waals surface area (Å²) < 4.78 is 22.5. The van der Waals surface area contributed by atoms with Crippen molar-refractivity contribution in [1.82, 2.24) is 5.32 Å². The zero-order valence-corrected chi connectivity index (χ0v) is 35.9. The quantitative estimate of drug-likeness (QED) is 0.0354. The molecule has 0 radical (unpaired) electrons. The molecule has 0 aliphatic carbocycles. The number of hydrogen-bond donors (Lipinski definition) is 9. The highest BCUT2D eigenvalue weighted by Crippen LogP contribution is 2.29. The van der Waals surface area contributed by atoms with E-state index >= 15 is 0 Å². The molecule has 2 saturated heterocycles. The van der Waals surface area contributed by atoms with Crippen molar-refractivity contribution in [2.24, 2.45) is 0 Å². The Balaban J connectivity index is 1.86. The molecule has 0 spiro atoms. The van der Waals surface area contributed by atoms with Crippen LogP contribution in [0.1, 0.15) is 117 Å². The zero-order chi connectivity index (χ0) is 44.0. The number of unbranched alkanes of at least 4 members (excludes halogenated alkanes) is 8. The second kappa shape index (κ2) is 33.0. The van der Waals surface area contributed by atoms with Crippen LogP contribution in [-0.4, -0.2) is 140 Å². The number of nitrogens with one attached hydrogen (secondary N) is 1. The smallest absolute Gasteiger partial charge is 0.220 e. The predicted molar refractivity (Wildman–Crippen MR) is 230 cm³/mol. The molecule has 14 nitrogen and oxygen atoms in total. The van der Waals surface area contributed by atoms with Crippen molar-refractivity contribution in [3.8, 4) is 0 Å². The molecule has 60 heavy (non-hydrogen) atoms. The maximum Gasteiger partial charge on any atom is 0.220 e. The van der Waals surface area contributed by atoms with Gasteiger partial charge in [-0.2, -0.15) is 0 Å². The second-order valence-corrected chi connectivity index (χ2v) is 15.4. The van der Waals surface area contributed by atoms with Crippen LogP contribution in [0.15, 0.2) is 72.9 Å². The maximum atomic E-state index is 13.0. The number of rotatable bonds is 31. The van der Waals surface area contributed by atoms with Crippen molar-refractivity contribution in [3.05, 3.63) is 72.9 Å². The summed E-state index contributed by atoms with van der Waals surface area (Å²) in [4.78, 5) is 13.0. The molecular weight excluding hydrogens is 774 g/mol. The van der Waals surface area contributed by atoms with Gasteiger partial charge in [-0.05, 0) is 64.2 Å². The lowest BCUT2D eigenvalue weighted by Gasteiger charge is -2.46.